The minimum Gasteiger partial charge on any atom is -0.360 e. The lowest BCUT2D eigenvalue weighted by Crippen LogP contribution is -2.41. The van der Waals surface area contributed by atoms with Crippen molar-refractivity contribution in [3.63, 3.8) is 0 Å². The first-order valence-electron chi connectivity index (χ1n) is 11.1. The van der Waals surface area contributed by atoms with Gasteiger partial charge in [-0.25, -0.2) is 14.4 Å². The fourth-order valence-electron chi connectivity index (χ4n) is 4.01. The lowest BCUT2D eigenvalue weighted by Gasteiger charge is -2.36. The van der Waals surface area contributed by atoms with E-state index in [1.54, 1.807) is 17.5 Å². The summed E-state index contributed by atoms with van der Waals surface area (Å²) in [6, 6.07) is 9.89. The molecule has 34 heavy (non-hydrogen) atoms. The number of carbonyl (C=O) groups excluding carboxylic acids is 1. The van der Waals surface area contributed by atoms with Crippen LogP contribution in [0.4, 0.5) is 10.2 Å². The third kappa shape index (κ3) is 4.36. The van der Waals surface area contributed by atoms with Gasteiger partial charge < -0.3 is 14.7 Å². The molecule has 3 aromatic heterocycles. The topological polar surface area (TPSA) is 84.1 Å². The van der Waals surface area contributed by atoms with Crippen molar-refractivity contribution in [1.82, 2.24) is 20.0 Å². The summed E-state index contributed by atoms with van der Waals surface area (Å²) in [6.07, 6.45) is 1.82. The Morgan fingerprint density at radius 2 is 1.97 bits per heavy atom. The Labute approximate surface area is 200 Å². The van der Waals surface area contributed by atoms with E-state index < -0.39 is 0 Å². The van der Waals surface area contributed by atoms with E-state index in [9.17, 15) is 9.18 Å². The predicted molar refractivity (Wildman–Crippen MR) is 130 cm³/mol. The molecular weight excluding hydrogens is 453 g/mol. The third-order valence-electron chi connectivity index (χ3n) is 5.87. The molecule has 1 aliphatic rings. The first kappa shape index (κ1) is 22.4. The van der Waals surface area contributed by atoms with E-state index in [-0.39, 0.29) is 23.3 Å². The number of hydrogen-bond donors (Lipinski definition) is 1. The van der Waals surface area contributed by atoms with Crippen LogP contribution in [0.2, 0.25) is 0 Å². The fourth-order valence-corrected chi connectivity index (χ4v) is 4.86. The molecule has 1 fully saturated rings. The number of aromatic nitrogens is 3. The zero-order chi connectivity index (χ0) is 23.8. The maximum absolute atomic E-state index is 13.4. The normalized spacial score (nSPS) is 14.4. The average Bonchev–Trinajstić information content (AvgIpc) is 3.45. The van der Waals surface area contributed by atoms with Crippen molar-refractivity contribution < 1.29 is 13.7 Å². The van der Waals surface area contributed by atoms with Crippen LogP contribution in [0.3, 0.4) is 0 Å². The minimum atomic E-state index is -0.336. The molecule has 4 heterocycles. The number of anilines is 1. The van der Waals surface area contributed by atoms with E-state index >= 15 is 0 Å². The Bertz CT molecular complexity index is 1310. The minimum absolute atomic E-state index is 0.0519. The van der Waals surface area contributed by atoms with Crippen molar-refractivity contribution in [1.29, 1.82) is 0 Å². The number of amides is 1. The molecule has 1 aliphatic heterocycles. The van der Waals surface area contributed by atoms with E-state index in [1.807, 2.05) is 32.2 Å². The van der Waals surface area contributed by atoms with Gasteiger partial charge in [0.05, 0.1) is 5.56 Å². The number of likely N-dealkylation sites (N-methyl/N-ethyl adjacent to an activating group) is 1. The highest BCUT2D eigenvalue weighted by Gasteiger charge is 2.26. The van der Waals surface area contributed by atoms with Crippen LogP contribution in [-0.4, -0.2) is 46.1 Å². The molecule has 1 amide bonds. The van der Waals surface area contributed by atoms with E-state index in [1.165, 1.54) is 29.0 Å². The molecule has 0 bridgehead atoms. The molecule has 0 aliphatic carbocycles. The lowest BCUT2D eigenvalue weighted by atomic mass is 9.93. The van der Waals surface area contributed by atoms with Crippen molar-refractivity contribution in [2.75, 3.05) is 25.5 Å². The molecule has 7 nitrogen and oxygen atoms in total. The molecule has 4 aromatic rings. The van der Waals surface area contributed by atoms with Crippen LogP contribution < -0.4 is 5.32 Å². The molecule has 174 valence electrons. The Morgan fingerprint density at radius 1 is 1.21 bits per heavy atom. The first-order valence-corrected chi connectivity index (χ1v) is 11.9. The van der Waals surface area contributed by atoms with Gasteiger partial charge in [0, 0.05) is 42.1 Å². The molecule has 1 aromatic carbocycles. The number of nitrogens with one attached hydrogen (secondary N) is 1. The maximum Gasteiger partial charge on any atom is 0.276 e. The summed E-state index contributed by atoms with van der Waals surface area (Å²) < 4.78 is 19.0. The quantitative estimate of drug-likeness (QED) is 0.400. The predicted octanol–water partition coefficient (Wildman–Crippen LogP) is 5.40. The van der Waals surface area contributed by atoms with Gasteiger partial charge in [-0.3, -0.25) is 4.79 Å². The van der Waals surface area contributed by atoms with Crippen LogP contribution in [-0.2, 0) is 0 Å². The number of likely N-dealkylation sites (tertiary alicyclic amines) is 1. The van der Waals surface area contributed by atoms with Gasteiger partial charge in [-0.2, -0.15) is 0 Å². The van der Waals surface area contributed by atoms with Crippen LogP contribution in [0.15, 0.2) is 52.5 Å². The van der Waals surface area contributed by atoms with Crippen molar-refractivity contribution >= 4 is 23.1 Å². The first-order chi connectivity index (χ1) is 16.4. The monoisotopic (exact) mass is 477 g/mol. The number of rotatable bonds is 6. The highest BCUT2D eigenvalue weighted by molar-refractivity contribution is 7.13. The molecule has 0 spiro atoms. The Kier molecular flexibility index (Phi) is 5.97. The van der Waals surface area contributed by atoms with Gasteiger partial charge >= 0.3 is 0 Å². The molecule has 1 saturated heterocycles. The number of pyridine rings is 1. The summed E-state index contributed by atoms with van der Waals surface area (Å²) in [5.41, 5.74) is 3.47. The summed E-state index contributed by atoms with van der Waals surface area (Å²) in [4.78, 5) is 24.1. The van der Waals surface area contributed by atoms with Gasteiger partial charge in [0.25, 0.3) is 5.91 Å². The number of hydrogen-bond acceptors (Lipinski definition) is 7. The van der Waals surface area contributed by atoms with Crippen LogP contribution >= 0.6 is 11.3 Å². The number of nitrogens with zero attached hydrogens (tertiary/aromatic N) is 4. The standard InChI is InChI=1S/C25H24FN5O2S/c1-14(2)23-21(22(30-33-23)15-4-7-18(26)8-5-15)25-28-19(13-34-25)24(32)29-20-9-6-16(10-27-20)17-11-31(3)12-17/h4-10,13-14,17H,11-12H2,1-3H3,(H,27,29,32). The average molecular weight is 478 g/mol. The second-order valence-corrected chi connectivity index (χ2v) is 9.68. The number of halogens is 1. The van der Waals surface area contributed by atoms with E-state index in [2.05, 4.69) is 32.4 Å². The van der Waals surface area contributed by atoms with Gasteiger partial charge in [0.1, 0.15) is 33.8 Å². The van der Waals surface area contributed by atoms with Gasteiger partial charge in [0.15, 0.2) is 0 Å². The molecule has 5 rings (SSSR count). The van der Waals surface area contributed by atoms with Gasteiger partial charge in [0.2, 0.25) is 0 Å². The molecule has 0 radical (unpaired) electrons. The maximum atomic E-state index is 13.4. The van der Waals surface area contributed by atoms with E-state index in [0.717, 1.165) is 24.2 Å². The largest absolute Gasteiger partial charge is 0.360 e. The lowest BCUT2D eigenvalue weighted by molar-refractivity contribution is 0.102. The molecule has 0 atom stereocenters. The van der Waals surface area contributed by atoms with Gasteiger partial charge in [-0.05, 0) is 42.9 Å². The highest BCUT2D eigenvalue weighted by Crippen LogP contribution is 2.39. The second kappa shape index (κ2) is 9.08. The van der Waals surface area contributed by atoms with Crippen LogP contribution in [0.1, 0.15) is 47.5 Å². The van der Waals surface area contributed by atoms with Crippen LogP contribution in [0, 0.1) is 5.82 Å². The van der Waals surface area contributed by atoms with E-state index in [0.29, 0.717) is 28.2 Å². The van der Waals surface area contributed by atoms with E-state index in [4.69, 9.17) is 4.52 Å². The van der Waals surface area contributed by atoms with Crippen LogP contribution in [0.5, 0.6) is 0 Å². The Balaban J connectivity index is 1.38. The molecule has 0 saturated carbocycles. The smallest absolute Gasteiger partial charge is 0.276 e. The molecular formula is C25H24FN5O2S. The van der Waals surface area contributed by atoms with Gasteiger partial charge in [-0.1, -0.05) is 25.1 Å². The molecule has 9 heteroatoms. The van der Waals surface area contributed by atoms with Crippen molar-refractivity contribution in [2.24, 2.45) is 0 Å². The SMILES string of the molecule is CC(C)c1onc(-c2ccc(F)cc2)c1-c1nc(C(=O)Nc2ccc(C3CN(C)C3)cn2)cs1. The summed E-state index contributed by atoms with van der Waals surface area (Å²) in [5.74, 6) is 1.04. The van der Waals surface area contributed by atoms with Crippen LogP contribution in [0.25, 0.3) is 21.8 Å². The highest BCUT2D eigenvalue weighted by atomic mass is 32.1. The Morgan fingerprint density at radius 3 is 2.62 bits per heavy atom. The van der Waals surface area contributed by atoms with Crippen molar-refractivity contribution in [2.45, 2.75) is 25.7 Å². The third-order valence-corrected chi connectivity index (χ3v) is 6.73. The second-order valence-electron chi connectivity index (χ2n) is 8.82. The zero-order valence-corrected chi connectivity index (χ0v) is 19.9. The van der Waals surface area contributed by atoms with Gasteiger partial charge in [-0.15, -0.1) is 11.3 Å². The summed E-state index contributed by atoms with van der Waals surface area (Å²) in [7, 11) is 2.09. The molecule has 1 N–H and O–H groups in total. The fraction of sp³-hybridized carbons (Fsp3) is 0.280. The van der Waals surface area contributed by atoms with Crippen molar-refractivity contribution in [3.8, 4) is 21.8 Å². The summed E-state index contributed by atoms with van der Waals surface area (Å²) in [6.45, 7) is 6.04. The molecule has 0 unspecified atom stereocenters. The number of benzene rings is 1. The zero-order valence-electron chi connectivity index (χ0n) is 19.1. The summed E-state index contributed by atoms with van der Waals surface area (Å²) in [5, 5.41) is 9.37. The Hall–Kier alpha value is -3.43. The van der Waals surface area contributed by atoms with Crippen molar-refractivity contribution in [3.05, 3.63) is 70.8 Å². The summed E-state index contributed by atoms with van der Waals surface area (Å²) >= 11 is 1.34. The number of carbonyl (C=O) groups is 1. The number of thiazole rings is 1.